The van der Waals surface area contributed by atoms with Crippen molar-refractivity contribution in [2.75, 3.05) is 5.75 Å². The van der Waals surface area contributed by atoms with Gasteiger partial charge in [-0.1, -0.05) is 0 Å². The minimum atomic E-state index is -3.58. The van der Waals surface area contributed by atoms with Crippen LogP contribution >= 0.6 is 0 Å². The van der Waals surface area contributed by atoms with Crippen molar-refractivity contribution in [2.24, 2.45) is 5.14 Å². The minimum absolute atomic E-state index is 0.313. The number of carbonyl (C=O) groups is 1. The maximum absolute atomic E-state index is 11.2. The van der Waals surface area contributed by atoms with Gasteiger partial charge in [0.25, 0.3) is 0 Å². The van der Waals surface area contributed by atoms with Gasteiger partial charge in [-0.3, -0.25) is 0 Å². The highest BCUT2D eigenvalue weighted by molar-refractivity contribution is 7.89. The van der Waals surface area contributed by atoms with Crippen molar-refractivity contribution in [1.29, 1.82) is 0 Å². The number of hydrogen-bond donors (Lipinski definition) is 2. The molecule has 90 valence electrons. The monoisotopic (exact) mass is 238 g/mol. The van der Waals surface area contributed by atoms with Crippen molar-refractivity contribution < 1.29 is 17.9 Å². The molecule has 0 aromatic carbocycles. The summed E-state index contributed by atoms with van der Waals surface area (Å²) in [6.45, 7) is 6.69. The zero-order chi connectivity index (χ0) is 12.3. The predicted octanol–water partition coefficient (Wildman–Crippen LogP) is 0.188. The molecule has 15 heavy (non-hydrogen) atoms. The Kier molecular flexibility index (Phi) is 4.54. The Balaban J connectivity index is 4.09. The molecule has 0 fully saturated rings. The molecule has 0 bridgehead atoms. The number of nitrogens with two attached hydrogens (primary N) is 1. The Morgan fingerprint density at radius 1 is 1.47 bits per heavy atom. The van der Waals surface area contributed by atoms with Gasteiger partial charge < -0.3 is 10.1 Å². The molecule has 6 nitrogen and oxygen atoms in total. The van der Waals surface area contributed by atoms with Crippen molar-refractivity contribution in [2.45, 2.75) is 39.3 Å². The number of sulfonamides is 1. The summed E-state index contributed by atoms with van der Waals surface area (Å²) in [4.78, 5) is 11.2. The minimum Gasteiger partial charge on any atom is -0.444 e. The molecule has 0 rings (SSSR count). The van der Waals surface area contributed by atoms with Gasteiger partial charge in [0.2, 0.25) is 10.0 Å². The van der Waals surface area contributed by atoms with Crippen molar-refractivity contribution in [1.82, 2.24) is 5.32 Å². The quantitative estimate of drug-likeness (QED) is 0.733. The van der Waals surface area contributed by atoms with E-state index in [-0.39, 0.29) is 5.75 Å². The van der Waals surface area contributed by atoms with E-state index < -0.39 is 27.8 Å². The summed E-state index contributed by atoms with van der Waals surface area (Å²) in [5.74, 6) is -0.313. The van der Waals surface area contributed by atoms with Crippen LogP contribution in [0.4, 0.5) is 4.79 Å². The summed E-state index contributed by atoms with van der Waals surface area (Å²) in [5.41, 5.74) is -0.606. The fraction of sp³-hybridized carbons (Fsp3) is 0.875. The first kappa shape index (κ1) is 14.2. The standard InChI is InChI=1S/C8H18N2O4S/c1-6(5-15(9,12)13)10-7(11)14-8(2,3)4/h6H,5H2,1-4H3,(H,10,11)(H2,9,12,13)/t6-/m0/s1. The summed E-state index contributed by atoms with van der Waals surface area (Å²) in [7, 11) is -3.58. The molecule has 0 spiro atoms. The summed E-state index contributed by atoms with van der Waals surface area (Å²) in [5, 5.41) is 7.19. The molecule has 0 aliphatic heterocycles. The number of carbonyl (C=O) groups excluding carboxylic acids is 1. The lowest BCUT2D eigenvalue weighted by molar-refractivity contribution is 0.0513. The van der Waals surface area contributed by atoms with E-state index in [9.17, 15) is 13.2 Å². The molecule has 1 amide bonds. The Hall–Kier alpha value is -0.820. The molecule has 0 aliphatic rings. The van der Waals surface area contributed by atoms with E-state index in [1.54, 1.807) is 20.8 Å². The molecule has 0 saturated heterocycles. The molecule has 0 aromatic rings. The van der Waals surface area contributed by atoms with Gasteiger partial charge in [-0.15, -0.1) is 0 Å². The first-order valence-electron chi connectivity index (χ1n) is 4.49. The zero-order valence-corrected chi connectivity index (χ0v) is 10.2. The molecule has 0 radical (unpaired) electrons. The molecule has 0 saturated carbocycles. The van der Waals surface area contributed by atoms with Crippen molar-refractivity contribution in [3.8, 4) is 0 Å². The third kappa shape index (κ3) is 9.48. The third-order valence-electron chi connectivity index (χ3n) is 1.25. The number of nitrogens with one attached hydrogen (secondary N) is 1. The lowest BCUT2D eigenvalue weighted by Gasteiger charge is -2.21. The van der Waals surface area contributed by atoms with Crippen LogP contribution in [0.2, 0.25) is 0 Å². The van der Waals surface area contributed by atoms with Crippen LogP contribution in [0.1, 0.15) is 27.7 Å². The van der Waals surface area contributed by atoms with Gasteiger partial charge in [-0.25, -0.2) is 18.4 Å². The summed E-state index contributed by atoms with van der Waals surface area (Å²) in [6, 6.07) is -0.574. The topological polar surface area (TPSA) is 98.5 Å². The van der Waals surface area contributed by atoms with Gasteiger partial charge in [-0.05, 0) is 27.7 Å². The number of primary sulfonamides is 1. The van der Waals surface area contributed by atoms with Gasteiger partial charge in [-0.2, -0.15) is 0 Å². The van der Waals surface area contributed by atoms with Crippen LogP contribution in [0.3, 0.4) is 0 Å². The van der Waals surface area contributed by atoms with Gasteiger partial charge in [0.05, 0.1) is 5.75 Å². The average Bonchev–Trinajstić information content (AvgIpc) is 1.73. The highest BCUT2D eigenvalue weighted by Crippen LogP contribution is 2.06. The van der Waals surface area contributed by atoms with E-state index in [0.29, 0.717) is 0 Å². The summed E-state index contributed by atoms with van der Waals surface area (Å²) < 4.78 is 26.3. The Labute approximate surface area is 90.2 Å². The maximum atomic E-state index is 11.2. The van der Waals surface area contributed by atoms with Gasteiger partial charge >= 0.3 is 6.09 Å². The Morgan fingerprint density at radius 2 is 1.93 bits per heavy atom. The SMILES string of the molecule is C[C@@H](CS(N)(=O)=O)NC(=O)OC(C)(C)C. The highest BCUT2D eigenvalue weighted by Gasteiger charge is 2.19. The van der Waals surface area contributed by atoms with Crippen LogP contribution in [0.25, 0.3) is 0 Å². The van der Waals surface area contributed by atoms with E-state index in [4.69, 9.17) is 9.88 Å². The van der Waals surface area contributed by atoms with Crippen LogP contribution in [0, 0.1) is 0 Å². The molecule has 0 aliphatic carbocycles. The molecule has 7 heteroatoms. The first-order chi connectivity index (χ1) is 6.49. The second-order valence-electron chi connectivity index (χ2n) is 4.38. The van der Waals surface area contributed by atoms with Gasteiger partial charge in [0, 0.05) is 6.04 Å². The molecular weight excluding hydrogens is 220 g/mol. The van der Waals surface area contributed by atoms with Crippen LogP contribution in [0.5, 0.6) is 0 Å². The van der Waals surface area contributed by atoms with E-state index in [1.165, 1.54) is 6.92 Å². The molecule has 1 atom stereocenters. The normalized spacial score (nSPS) is 14.5. The van der Waals surface area contributed by atoms with Crippen LogP contribution in [0.15, 0.2) is 0 Å². The van der Waals surface area contributed by atoms with Gasteiger partial charge in [0.1, 0.15) is 5.60 Å². The fourth-order valence-electron chi connectivity index (χ4n) is 0.899. The lowest BCUT2D eigenvalue weighted by Crippen LogP contribution is -2.42. The largest absolute Gasteiger partial charge is 0.444 e. The van der Waals surface area contributed by atoms with Crippen LogP contribution < -0.4 is 10.5 Å². The highest BCUT2D eigenvalue weighted by atomic mass is 32.2. The molecular formula is C8H18N2O4S. The Morgan fingerprint density at radius 3 is 2.27 bits per heavy atom. The van der Waals surface area contributed by atoms with E-state index in [2.05, 4.69) is 5.32 Å². The second kappa shape index (κ2) is 4.80. The van der Waals surface area contributed by atoms with Crippen LogP contribution in [-0.4, -0.2) is 31.9 Å². The first-order valence-corrected chi connectivity index (χ1v) is 6.21. The third-order valence-corrected chi connectivity index (χ3v) is 2.21. The second-order valence-corrected chi connectivity index (χ2v) is 6.04. The number of hydrogen-bond acceptors (Lipinski definition) is 4. The van der Waals surface area contributed by atoms with Crippen molar-refractivity contribution in [3.63, 3.8) is 0 Å². The predicted molar refractivity (Wildman–Crippen MR) is 56.8 cm³/mol. The molecule has 3 N–H and O–H groups in total. The van der Waals surface area contributed by atoms with Crippen molar-refractivity contribution >= 4 is 16.1 Å². The molecule has 0 aromatic heterocycles. The zero-order valence-electron chi connectivity index (χ0n) is 9.40. The van der Waals surface area contributed by atoms with E-state index in [0.717, 1.165) is 0 Å². The van der Waals surface area contributed by atoms with E-state index in [1.807, 2.05) is 0 Å². The summed E-state index contributed by atoms with van der Waals surface area (Å²) in [6.07, 6.45) is -0.654. The van der Waals surface area contributed by atoms with E-state index >= 15 is 0 Å². The Bertz CT molecular complexity index is 318. The number of rotatable bonds is 3. The fourth-order valence-corrected chi connectivity index (χ4v) is 1.68. The number of amides is 1. The van der Waals surface area contributed by atoms with Crippen LogP contribution in [-0.2, 0) is 14.8 Å². The smallest absolute Gasteiger partial charge is 0.407 e. The summed E-state index contributed by atoms with van der Waals surface area (Å²) >= 11 is 0. The molecule has 0 unspecified atom stereocenters. The average molecular weight is 238 g/mol. The number of ether oxygens (including phenoxy) is 1. The molecule has 0 heterocycles. The van der Waals surface area contributed by atoms with Gasteiger partial charge in [0.15, 0.2) is 0 Å². The number of alkyl carbamates (subject to hydrolysis) is 1. The maximum Gasteiger partial charge on any atom is 0.407 e. The van der Waals surface area contributed by atoms with Crippen molar-refractivity contribution in [3.05, 3.63) is 0 Å². The lowest BCUT2D eigenvalue weighted by atomic mass is 10.2.